The van der Waals surface area contributed by atoms with Crippen molar-refractivity contribution in [3.05, 3.63) is 39.2 Å². The molecule has 0 aromatic heterocycles. The summed E-state index contributed by atoms with van der Waals surface area (Å²) in [4.78, 5) is 9.70. The number of nitro benzene ring substituents is 1. The molecule has 0 amide bonds. The first-order chi connectivity index (χ1) is 6.07. The Morgan fingerprint density at radius 1 is 1.62 bits per heavy atom. The van der Waals surface area contributed by atoms with E-state index in [9.17, 15) is 14.5 Å². The van der Waals surface area contributed by atoms with E-state index in [0.29, 0.717) is 0 Å². The standard InChI is InChI=1S/C8H8FNO3/c1-5-7(10(12)13)3-2-6(4-11)8(5)9/h2-3,11H,4H2,1H3. The normalized spacial score (nSPS) is 10.1. The van der Waals surface area contributed by atoms with Gasteiger partial charge in [-0.05, 0) is 13.0 Å². The molecule has 1 aromatic carbocycles. The highest BCUT2D eigenvalue weighted by Gasteiger charge is 2.16. The van der Waals surface area contributed by atoms with Gasteiger partial charge in [0, 0.05) is 11.6 Å². The molecule has 0 spiro atoms. The lowest BCUT2D eigenvalue weighted by Gasteiger charge is -2.02. The molecule has 0 bridgehead atoms. The fourth-order valence-corrected chi connectivity index (χ4v) is 1.05. The van der Waals surface area contributed by atoms with E-state index in [1.165, 1.54) is 19.1 Å². The molecule has 13 heavy (non-hydrogen) atoms. The van der Waals surface area contributed by atoms with E-state index in [1.54, 1.807) is 0 Å². The van der Waals surface area contributed by atoms with Crippen LogP contribution >= 0.6 is 0 Å². The first-order valence-electron chi connectivity index (χ1n) is 3.61. The number of benzene rings is 1. The molecule has 0 fully saturated rings. The van der Waals surface area contributed by atoms with E-state index in [4.69, 9.17) is 5.11 Å². The third kappa shape index (κ3) is 1.65. The first-order valence-corrected chi connectivity index (χ1v) is 3.61. The van der Waals surface area contributed by atoms with Crippen molar-refractivity contribution in [2.24, 2.45) is 0 Å². The van der Waals surface area contributed by atoms with Gasteiger partial charge in [-0.15, -0.1) is 0 Å². The average Bonchev–Trinajstić information content (AvgIpc) is 2.09. The highest BCUT2D eigenvalue weighted by Crippen LogP contribution is 2.22. The number of nitrogens with zero attached hydrogens (tertiary/aromatic N) is 1. The van der Waals surface area contributed by atoms with Crippen LogP contribution in [-0.4, -0.2) is 10.0 Å². The molecule has 0 aliphatic rings. The van der Waals surface area contributed by atoms with E-state index in [0.717, 1.165) is 0 Å². The first kappa shape index (κ1) is 9.60. The molecule has 0 atom stereocenters. The maximum Gasteiger partial charge on any atom is 0.275 e. The predicted octanol–water partition coefficient (Wildman–Crippen LogP) is 1.53. The second kappa shape index (κ2) is 3.49. The largest absolute Gasteiger partial charge is 0.392 e. The van der Waals surface area contributed by atoms with E-state index >= 15 is 0 Å². The van der Waals surface area contributed by atoms with Crippen molar-refractivity contribution < 1.29 is 14.4 Å². The highest BCUT2D eigenvalue weighted by molar-refractivity contribution is 5.42. The van der Waals surface area contributed by atoms with Crippen molar-refractivity contribution >= 4 is 5.69 Å². The van der Waals surface area contributed by atoms with Gasteiger partial charge in [0.15, 0.2) is 0 Å². The molecule has 4 nitrogen and oxygen atoms in total. The van der Waals surface area contributed by atoms with Gasteiger partial charge in [-0.3, -0.25) is 10.1 Å². The topological polar surface area (TPSA) is 63.4 Å². The maximum atomic E-state index is 13.2. The zero-order valence-corrected chi connectivity index (χ0v) is 6.95. The lowest BCUT2D eigenvalue weighted by Crippen LogP contribution is -1.98. The van der Waals surface area contributed by atoms with Crippen molar-refractivity contribution in [3.63, 3.8) is 0 Å². The van der Waals surface area contributed by atoms with Crippen LogP contribution in [0.4, 0.5) is 10.1 Å². The van der Waals surface area contributed by atoms with Crippen LogP contribution in [0.5, 0.6) is 0 Å². The van der Waals surface area contributed by atoms with Crippen molar-refractivity contribution in [1.29, 1.82) is 0 Å². The number of aliphatic hydroxyl groups excluding tert-OH is 1. The van der Waals surface area contributed by atoms with Crippen LogP contribution in [0.1, 0.15) is 11.1 Å². The molecule has 1 aromatic rings. The Morgan fingerprint density at radius 3 is 2.69 bits per heavy atom. The summed E-state index contributed by atoms with van der Waals surface area (Å²) in [6, 6.07) is 2.39. The Hall–Kier alpha value is -1.49. The summed E-state index contributed by atoms with van der Waals surface area (Å²) < 4.78 is 13.2. The molecular formula is C8H8FNO3. The van der Waals surface area contributed by atoms with Gasteiger partial charge in [-0.2, -0.15) is 0 Å². The van der Waals surface area contributed by atoms with Gasteiger partial charge in [-0.1, -0.05) is 0 Å². The van der Waals surface area contributed by atoms with Gasteiger partial charge in [0.25, 0.3) is 5.69 Å². The Labute approximate surface area is 73.8 Å². The van der Waals surface area contributed by atoms with Gasteiger partial charge in [0.1, 0.15) is 5.82 Å². The van der Waals surface area contributed by atoms with Crippen molar-refractivity contribution in [2.75, 3.05) is 0 Å². The number of hydrogen-bond donors (Lipinski definition) is 1. The van der Waals surface area contributed by atoms with E-state index in [1.807, 2.05) is 0 Å². The number of halogens is 1. The summed E-state index contributed by atoms with van der Waals surface area (Å²) in [7, 11) is 0. The third-order valence-corrected chi connectivity index (χ3v) is 1.80. The molecule has 1 rings (SSSR count). The molecule has 70 valence electrons. The molecule has 0 aliphatic carbocycles. The van der Waals surface area contributed by atoms with Gasteiger partial charge >= 0.3 is 0 Å². The van der Waals surface area contributed by atoms with Crippen molar-refractivity contribution in [3.8, 4) is 0 Å². The lowest BCUT2D eigenvalue weighted by molar-refractivity contribution is -0.385. The van der Waals surface area contributed by atoms with Crippen LogP contribution in [0.15, 0.2) is 12.1 Å². The minimum atomic E-state index is -0.711. The van der Waals surface area contributed by atoms with Crippen molar-refractivity contribution in [2.45, 2.75) is 13.5 Å². The molecule has 0 radical (unpaired) electrons. The SMILES string of the molecule is Cc1c([N+](=O)[O-])ccc(CO)c1F. The second-order valence-corrected chi connectivity index (χ2v) is 2.60. The Balaban J connectivity index is 3.31. The fraction of sp³-hybridized carbons (Fsp3) is 0.250. The maximum absolute atomic E-state index is 13.2. The van der Waals surface area contributed by atoms with E-state index in [2.05, 4.69) is 0 Å². The van der Waals surface area contributed by atoms with Gasteiger partial charge < -0.3 is 5.11 Å². The molecule has 0 heterocycles. The summed E-state index contributed by atoms with van der Waals surface area (Å²) in [5.74, 6) is -0.711. The fourth-order valence-electron chi connectivity index (χ4n) is 1.05. The van der Waals surface area contributed by atoms with Crippen LogP contribution in [0.3, 0.4) is 0 Å². The molecule has 0 saturated heterocycles. The lowest BCUT2D eigenvalue weighted by atomic mass is 10.1. The Morgan fingerprint density at radius 2 is 2.23 bits per heavy atom. The second-order valence-electron chi connectivity index (χ2n) is 2.60. The highest BCUT2D eigenvalue weighted by atomic mass is 19.1. The predicted molar refractivity (Wildman–Crippen MR) is 43.7 cm³/mol. The van der Waals surface area contributed by atoms with Gasteiger partial charge in [-0.25, -0.2) is 4.39 Å². The third-order valence-electron chi connectivity index (χ3n) is 1.80. The monoisotopic (exact) mass is 185 g/mol. The number of aliphatic hydroxyl groups is 1. The number of rotatable bonds is 2. The Kier molecular flexibility index (Phi) is 2.57. The van der Waals surface area contributed by atoms with Crippen LogP contribution in [0.25, 0.3) is 0 Å². The van der Waals surface area contributed by atoms with Crippen LogP contribution < -0.4 is 0 Å². The summed E-state index contributed by atoms with van der Waals surface area (Å²) in [6.07, 6.45) is 0. The summed E-state index contributed by atoms with van der Waals surface area (Å²) in [5.41, 5.74) is -0.241. The number of hydrogen-bond acceptors (Lipinski definition) is 3. The van der Waals surface area contributed by atoms with Gasteiger partial charge in [0.05, 0.1) is 17.1 Å². The van der Waals surface area contributed by atoms with Crippen LogP contribution in [0.2, 0.25) is 0 Å². The van der Waals surface area contributed by atoms with Gasteiger partial charge in [0.2, 0.25) is 0 Å². The van der Waals surface area contributed by atoms with Crippen molar-refractivity contribution in [1.82, 2.24) is 0 Å². The molecule has 0 saturated carbocycles. The molecule has 0 unspecified atom stereocenters. The average molecular weight is 185 g/mol. The van der Waals surface area contributed by atoms with E-state index in [-0.39, 0.29) is 16.8 Å². The number of nitro groups is 1. The van der Waals surface area contributed by atoms with Crippen LogP contribution in [-0.2, 0) is 6.61 Å². The summed E-state index contributed by atoms with van der Waals surface area (Å²) in [5, 5.41) is 19.0. The van der Waals surface area contributed by atoms with E-state index < -0.39 is 17.3 Å². The minimum absolute atomic E-state index is 0.0449. The summed E-state index contributed by atoms with van der Waals surface area (Å²) in [6.45, 7) is 0.858. The molecule has 1 N–H and O–H groups in total. The quantitative estimate of drug-likeness (QED) is 0.561. The Bertz CT molecular complexity index is 351. The molecular weight excluding hydrogens is 177 g/mol. The molecule has 0 aliphatic heterocycles. The zero-order chi connectivity index (χ0) is 10.0. The van der Waals surface area contributed by atoms with Crippen LogP contribution in [0, 0.1) is 22.9 Å². The summed E-state index contributed by atoms with van der Waals surface area (Å²) >= 11 is 0. The zero-order valence-electron chi connectivity index (χ0n) is 6.95. The molecule has 5 heteroatoms. The smallest absolute Gasteiger partial charge is 0.275 e. The minimum Gasteiger partial charge on any atom is -0.392 e.